The monoisotopic (exact) mass is 497 g/mol. The van der Waals surface area contributed by atoms with E-state index in [0.29, 0.717) is 37.6 Å². The first kappa shape index (κ1) is 25.4. The second-order valence-corrected chi connectivity index (χ2v) is 8.40. The number of nitrogens with zero attached hydrogens (tertiary/aromatic N) is 2. The van der Waals surface area contributed by atoms with Crippen LogP contribution in [0.25, 0.3) is 0 Å². The first-order valence-electron chi connectivity index (χ1n) is 9.96. The average molecular weight is 497 g/mol. The summed E-state index contributed by atoms with van der Waals surface area (Å²) in [4.78, 5) is 16.9. The van der Waals surface area contributed by atoms with E-state index in [9.17, 15) is 36.2 Å². The molecule has 1 aliphatic heterocycles. The first-order valence-corrected chi connectivity index (χ1v) is 10.8. The number of carbonyl (C=O) groups excluding carboxylic acids is 1. The number of aliphatic hydroxyl groups is 1. The van der Waals surface area contributed by atoms with Crippen LogP contribution >= 0.6 is 11.3 Å². The Hall–Kier alpha value is -2.22. The van der Waals surface area contributed by atoms with Crippen molar-refractivity contribution in [2.45, 2.75) is 31.4 Å². The van der Waals surface area contributed by atoms with Gasteiger partial charge in [-0.3, -0.25) is 9.69 Å². The van der Waals surface area contributed by atoms with E-state index < -0.39 is 40.6 Å². The van der Waals surface area contributed by atoms with E-state index in [1.807, 2.05) is 0 Å². The molecule has 1 aliphatic rings. The summed E-state index contributed by atoms with van der Waals surface area (Å²) in [7, 11) is 0. The van der Waals surface area contributed by atoms with E-state index in [1.54, 1.807) is 4.90 Å². The third-order valence-electron chi connectivity index (χ3n) is 4.92. The molecule has 0 saturated carbocycles. The summed E-state index contributed by atoms with van der Waals surface area (Å²) in [6, 6.07) is 4.48. The number of aliphatic hydroxyl groups excluding tert-OH is 1. The Kier molecular flexibility index (Phi) is 7.98. The van der Waals surface area contributed by atoms with Gasteiger partial charge in [0.15, 0.2) is 5.69 Å². The highest BCUT2D eigenvalue weighted by molar-refractivity contribution is 7.13. The van der Waals surface area contributed by atoms with E-state index in [2.05, 4.69) is 10.3 Å². The highest BCUT2D eigenvalue weighted by atomic mass is 32.1. The molecule has 1 unspecified atom stereocenters. The number of thiazole rings is 1. The normalized spacial score (nSPS) is 16.6. The topological polar surface area (TPSA) is 74.7 Å². The fourth-order valence-corrected chi connectivity index (χ4v) is 4.29. The number of nitrogens with one attached hydrogen (secondary N) is 1. The lowest BCUT2D eigenvalue weighted by Crippen LogP contribution is -2.44. The first-order chi connectivity index (χ1) is 15.4. The van der Waals surface area contributed by atoms with E-state index >= 15 is 0 Å². The number of amides is 1. The van der Waals surface area contributed by atoms with Crippen LogP contribution in [0.4, 0.5) is 26.3 Å². The predicted octanol–water partition coefficient (Wildman–Crippen LogP) is 3.35. The number of hydrogen-bond acceptors (Lipinski definition) is 6. The van der Waals surface area contributed by atoms with Crippen LogP contribution < -0.4 is 5.32 Å². The van der Waals surface area contributed by atoms with Crippen molar-refractivity contribution in [1.29, 1.82) is 0 Å². The lowest BCUT2D eigenvalue weighted by Gasteiger charge is -2.30. The van der Waals surface area contributed by atoms with Gasteiger partial charge in [0.1, 0.15) is 11.1 Å². The summed E-state index contributed by atoms with van der Waals surface area (Å²) in [5, 5.41) is 12.5. The van der Waals surface area contributed by atoms with Crippen molar-refractivity contribution in [2.24, 2.45) is 0 Å². The molecule has 2 N–H and O–H groups in total. The van der Waals surface area contributed by atoms with Gasteiger partial charge in [0.05, 0.1) is 23.8 Å². The SMILES string of the molecule is O=C(NCCc1cccc(C(F)(F)F)c1)c1sc(CC(O)N2CCOCC2)nc1C(F)(F)F. The summed E-state index contributed by atoms with van der Waals surface area (Å²) >= 11 is 0.529. The Morgan fingerprint density at radius 3 is 2.52 bits per heavy atom. The molecule has 1 amide bonds. The van der Waals surface area contributed by atoms with Gasteiger partial charge >= 0.3 is 12.4 Å². The van der Waals surface area contributed by atoms with Crippen molar-refractivity contribution >= 4 is 17.2 Å². The lowest BCUT2D eigenvalue weighted by molar-refractivity contribution is -0.141. The third kappa shape index (κ3) is 6.88. The van der Waals surface area contributed by atoms with Gasteiger partial charge in [-0.15, -0.1) is 11.3 Å². The van der Waals surface area contributed by atoms with Crippen LogP contribution in [-0.4, -0.2) is 60.0 Å². The molecule has 182 valence electrons. The number of carbonyl (C=O) groups is 1. The van der Waals surface area contributed by atoms with Gasteiger partial charge in [-0.05, 0) is 18.1 Å². The molecule has 33 heavy (non-hydrogen) atoms. The molecule has 13 heteroatoms. The zero-order chi connectivity index (χ0) is 24.2. The molecule has 2 aromatic rings. The van der Waals surface area contributed by atoms with Crippen LogP contribution in [0, 0.1) is 0 Å². The van der Waals surface area contributed by atoms with Gasteiger partial charge in [-0.1, -0.05) is 18.2 Å². The molecular formula is C20H21F6N3O3S. The number of rotatable bonds is 7. The van der Waals surface area contributed by atoms with Gasteiger partial charge in [-0.25, -0.2) is 4.98 Å². The number of hydrogen-bond donors (Lipinski definition) is 2. The Morgan fingerprint density at radius 1 is 1.18 bits per heavy atom. The number of alkyl halides is 6. The molecule has 1 aromatic carbocycles. The van der Waals surface area contributed by atoms with Crippen LogP contribution in [0.5, 0.6) is 0 Å². The Bertz CT molecular complexity index is 957. The van der Waals surface area contributed by atoms with Gasteiger partial charge in [0, 0.05) is 26.1 Å². The Morgan fingerprint density at radius 2 is 1.88 bits per heavy atom. The minimum absolute atomic E-state index is 0.00157. The predicted molar refractivity (Wildman–Crippen MR) is 107 cm³/mol. The fourth-order valence-electron chi connectivity index (χ4n) is 3.26. The Labute approximate surface area is 189 Å². The van der Waals surface area contributed by atoms with Crippen molar-refractivity contribution in [3.63, 3.8) is 0 Å². The summed E-state index contributed by atoms with van der Waals surface area (Å²) < 4.78 is 83.8. The molecule has 0 radical (unpaired) electrons. The van der Waals surface area contributed by atoms with E-state index in [0.717, 1.165) is 12.1 Å². The molecule has 1 saturated heterocycles. The van der Waals surface area contributed by atoms with E-state index in [1.165, 1.54) is 12.1 Å². The zero-order valence-corrected chi connectivity index (χ0v) is 18.0. The highest BCUT2D eigenvalue weighted by Crippen LogP contribution is 2.35. The van der Waals surface area contributed by atoms with Gasteiger partial charge in [0.2, 0.25) is 0 Å². The highest BCUT2D eigenvalue weighted by Gasteiger charge is 2.40. The zero-order valence-electron chi connectivity index (χ0n) is 17.2. The minimum atomic E-state index is -4.88. The maximum absolute atomic E-state index is 13.4. The lowest BCUT2D eigenvalue weighted by atomic mass is 10.1. The maximum atomic E-state index is 13.4. The smallest absolute Gasteiger partial charge is 0.379 e. The Balaban J connectivity index is 1.66. The van der Waals surface area contributed by atoms with Crippen molar-refractivity contribution in [3.05, 3.63) is 51.0 Å². The minimum Gasteiger partial charge on any atom is -0.379 e. The molecule has 2 heterocycles. The standard InChI is InChI=1S/C20H21F6N3O3S/c21-19(22,23)13-3-1-2-12(10-13)4-5-27-18(31)16-17(20(24,25)26)28-14(33-16)11-15(30)29-6-8-32-9-7-29/h1-3,10,15,30H,4-9,11H2,(H,27,31). The van der Waals surface area contributed by atoms with Crippen molar-refractivity contribution in [3.8, 4) is 0 Å². The second kappa shape index (κ2) is 10.4. The maximum Gasteiger partial charge on any atom is 0.435 e. The van der Waals surface area contributed by atoms with Crippen molar-refractivity contribution < 1.29 is 41.0 Å². The van der Waals surface area contributed by atoms with Gasteiger partial charge < -0.3 is 15.2 Å². The van der Waals surface area contributed by atoms with Crippen LogP contribution in [0.1, 0.15) is 31.5 Å². The molecule has 3 rings (SSSR count). The van der Waals surface area contributed by atoms with Gasteiger partial charge in [-0.2, -0.15) is 26.3 Å². The summed E-state index contributed by atoms with van der Waals surface area (Å²) in [5.74, 6) is -1.03. The van der Waals surface area contributed by atoms with Crippen molar-refractivity contribution in [1.82, 2.24) is 15.2 Å². The number of benzene rings is 1. The van der Waals surface area contributed by atoms with E-state index in [4.69, 9.17) is 4.74 Å². The summed E-state index contributed by atoms with van der Waals surface area (Å²) in [6.07, 6.45) is -10.7. The van der Waals surface area contributed by atoms with Crippen LogP contribution in [0.3, 0.4) is 0 Å². The molecule has 6 nitrogen and oxygen atoms in total. The molecule has 1 atom stereocenters. The van der Waals surface area contributed by atoms with Crippen LogP contribution in [0.2, 0.25) is 0 Å². The molecule has 0 bridgehead atoms. The molecular weight excluding hydrogens is 476 g/mol. The largest absolute Gasteiger partial charge is 0.435 e. The number of morpholine rings is 1. The molecule has 0 spiro atoms. The molecule has 1 fully saturated rings. The summed E-state index contributed by atoms with van der Waals surface area (Å²) in [5.41, 5.74) is -1.93. The van der Waals surface area contributed by atoms with Crippen LogP contribution in [-0.2, 0) is 29.9 Å². The molecule has 1 aromatic heterocycles. The quantitative estimate of drug-likeness (QED) is 0.574. The number of aromatic nitrogens is 1. The number of ether oxygens (including phenoxy) is 1. The van der Waals surface area contributed by atoms with Crippen LogP contribution in [0.15, 0.2) is 24.3 Å². The third-order valence-corrected chi connectivity index (χ3v) is 6.00. The summed E-state index contributed by atoms with van der Waals surface area (Å²) in [6.45, 7) is 1.45. The van der Waals surface area contributed by atoms with Gasteiger partial charge in [0.25, 0.3) is 5.91 Å². The van der Waals surface area contributed by atoms with Crippen molar-refractivity contribution in [2.75, 3.05) is 32.8 Å². The number of halogens is 6. The molecule has 0 aliphatic carbocycles. The van der Waals surface area contributed by atoms with E-state index in [-0.39, 0.29) is 30.0 Å². The average Bonchev–Trinajstić information content (AvgIpc) is 3.18. The fraction of sp³-hybridized carbons (Fsp3) is 0.500. The second-order valence-electron chi connectivity index (χ2n) is 7.32.